The Balaban J connectivity index is 2.06. The van der Waals surface area contributed by atoms with Gasteiger partial charge < -0.3 is 15.1 Å². The van der Waals surface area contributed by atoms with Crippen LogP contribution in [0.4, 0.5) is 0 Å². The van der Waals surface area contributed by atoms with Gasteiger partial charge in [-0.15, -0.1) is 0 Å². The second-order valence-corrected chi connectivity index (χ2v) is 8.74. The van der Waals surface area contributed by atoms with E-state index in [4.69, 9.17) is 9.79 Å². The number of hydrogen-bond acceptors (Lipinski definition) is 2. The van der Waals surface area contributed by atoms with Gasteiger partial charge in [-0.25, -0.2) is 0 Å². The van der Waals surface area contributed by atoms with Gasteiger partial charge in [0.25, 0.3) is 0 Å². The van der Waals surface area contributed by atoms with Crippen molar-refractivity contribution < 1.29 is 14.4 Å². The summed E-state index contributed by atoms with van der Waals surface area (Å²) in [5.74, 6) is 0. The van der Waals surface area contributed by atoms with Crippen molar-refractivity contribution in [3.8, 4) is 0 Å². The highest BCUT2D eigenvalue weighted by Gasteiger charge is 2.10. The van der Waals surface area contributed by atoms with E-state index in [-0.39, 0.29) is 6.16 Å². The third kappa shape index (κ3) is 13.2. The molecule has 0 amide bonds. The Morgan fingerprint density at radius 1 is 0.840 bits per heavy atom. The molecule has 0 aliphatic carbocycles. The Bertz CT molecular complexity index is 484. The van der Waals surface area contributed by atoms with Crippen LogP contribution in [0.2, 0.25) is 0 Å². The normalized spacial score (nSPS) is 11.8. The van der Waals surface area contributed by atoms with Crippen molar-refractivity contribution in [1.29, 1.82) is 0 Å². The molecule has 0 saturated carbocycles. The molecule has 1 aromatic rings. The second kappa shape index (κ2) is 13.5. The lowest BCUT2D eigenvalue weighted by Crippen LogP contribution is -2.15. The van der Waals surface area contributed by atoms with Gasteiger partial charge in [-0.05, 0) is 43.4 Å². The van der Waals surface area contributed by atoms with Crippen molar-refractivity contribution >= 4 is 7.60 Å². The number of rotatable bonds is 15. The first-order valence-electron chi connectivity index (χ1n) is 9.84. The maximum absolute atomic E-state index is 10.7. The third-order valence-electron chi connectivity index (χ3n) is 4.47. The highest BCUT2D eigenvalue weighted by atomic mass is 31.2. The van der Waals surface area contributed by atoms with Crippen molar-refractivity contribution in [1.82, 2.24) is 5.32 Å². The molecule has 0 aromatic heterocycles. The lowest BCUT2D eigenvalue weighted by Gasteiger charge is -2.07. The molecule has 4 nitrogen and oxygen atoms in total. The fourth-order valence-electron chi connectivity index (χ4n) is 2.91. The highest BCUT2D eigenvalue weighted by molar-refractivity contribution is 7.51. The van der Waals surface area contributed by atoms with E-state index in [0.29, 0.717) is 6.42 Å². The van der Waals surface area contributed by atoms with Crippen molar-refractivity contribution in [3.05, 3.63) is 35.4 Å². The zero-order chi connectivity index (χ0) is 18.4. The molecule has 0 unspecified atom stereocenters. The molecule has 0 aliphatic rings. The van der Waals surface area contributed by atoms with E-state index in [2.05, 4.69) is 36.5 Å². The third-order valence-corrected chi connectivity index (χ3v) is 5.37. The largest absolute Gasteiger partial charge is 0.325 e. The predicted molar refractivity (Wildman–Crippen MR) is 106 cm³/mol. The topological polar surface area (TPSA) is 69.6 Å². The first-order valence-corrected chi connectivity index (χ1v) is 11.6. The van der Waals surface area contributed by atoms with Crippen LogP contribution in [0.15, 0.2) is 24.3 Å². The summed E-state index contributed by atoms with van der Waals surface area (Å²) in [5, 5.41) is 3.33. The van der Waals surface area contributed by atoms with Gasteiger partial charge in [0, 0.05) is 12.7 Å². The maximum atomic E-state index is 10.7. The quantitative estimate of drug-likeness (QED) is 0.300. The Morgan fingerprint density at radius 3 is 2.08 bits per heavy atom. The molecule has 1 rings (SSSR count). The fraction of sp³-hybridized carbons (Fsp3) is 0.700. The number of hydrogen-bond donors (Lipinski definition) is 3. The smallest absolute Gasteiger partial charge is 0.324 e. The van der Waals surface area contributed by atoms with E-state index in [1.165, 1.54) is 62.5 Å². The molecule has 5 heteroatoms. The number of aryl methyl sites for hydroxylation is 1. The van der Waals surface area contributed by atoms with Gasteiger partial charge in [0.2, 0.25) is 0 Å². The van der Waals surface area contributed by atoms with E-state index in [1.54, 1.807) is 0 Å². The lowest BCUT2D eigenvalue weighted by atomic mass is 10.0. The number of benzene rings is 1. The average Bonchev–Trinajstić information content (AvgIpc) is 2.57. The molecule has 144 valence electrons. The second-order valence-electron chi connectivity index (χ2n) is 6.96. The van der Waals surface area contributed by atoms with Crippen molar-refractivity contribution in [3.63, 3.8) is 0 Å². The van der Waals surface area contributed by atoms with E-state index in [1.807, 2.05) is 0 Å². The Hall–Kier alpha value is -0.670. The molecule has 0 heterocycles. The summed E-state index contributed by atoms with van der Waals surface area (Å²) >= 11 is 0. The molecule has 0 fully saturated rings. The van der Waals surface area contributed by atoms with Crippen LogP contribution >= 0.6 is 7.60 Å². The van der Waals surface area contributed by atoms with Gasteiger partial charge in [-0.3, -0.25) is 4.57 Å². The first kappa shape index (κ1) is 22.4. The summed E-state index contributed by atoms with van der Waals surface area (Å²) in [6.45, 7) is 3.86. The minimum absolute atomic E-state index is 0.0119. The summed E-state index contributed by atoms with van der Waals surface area (Å²) in [6.07, 6.45) is 12.0. The van der Waals surface area contributed by atoms with E-state index < -0.39 is 7.60 Å². The van der Waals surface area contributed by atoms with Gasteiger partial charge >= 0.3 is 7.60 Å². The van der Waals surface area contributed by atoms with E-state index in [9.17, 15) is 4.57 Å². The van der Waals surface area contributed by atoms with Crippen molar-refractivity contribution in [2.24, 2.45) is 0 Å². The SMILES string of the molecule is CCCCCCCCCc1ccc(CNCCCCP(=O)(O)O)cc1. The van der Waals surface area contributed by atoms with Gasteiger partial charge in [0.1, 0.15) is 0 Å². The highest BCUT2D eigenvalue weighted by Crippen LogP contribution is 2.35. The van der Waals surface area contributed by atoms with Crippen LogP contribution in [-0.4, -0.2) is 22.5 Å². The minimum atomic E-state index is -3.83. The minimum Gasteiger partial charge on any atom is -0.324 e. The molecule has 0 atom stereocenters. The molecule has 1 aromatic carbocycles. The maximum Gasteiger partial charge on any atom is 0.325 e. The molecule has 0 saturated heterocycles. The number of unbranched alkanes of at least 4 members (excludes halogenated alkanes) is 7. The van der Waals surface area contributed by atoms with Crippen LogP contribution in [-0.2, 0) is 17.5 Å². The van der Waals surface area contributed by atoms with Crippen LogP contribution in [0.1, 0.15) is 75.8 Å². The van der Waals surface area contributed by atoms with Crippen LogP contribution in [0, 0.1) is 0 Å². The summed E-state index contributed by atoms with van der Waals surface area (Å²) in [4.78, 5) is 17.6. The summed E-state index contributed by atoms with van der Waals surface area (Å²) in [5.41, 5.74) is 2.68. The van der Waals surface area contributed by atoms with Crippen LogP contribution in [0.5, 0.6) is 0 Å². The lowest BCUT2D eigenvalue weighted by molar-refractivity contribution is 0.371. The van der Waals surface area contributed by atoms with E-state index in [0.717, 1.165) is 19.5 Å². The predicted octanol–water partition coefficient (Wildman–Crippen LogP) is 5.03. The van der Waals surface area contributed by atoms with Gasteiger partial charge in [0.05, 0.1) is 0 Å². The van der Waals surface area contributed by atoms with Crippen LogP contribution in [0.25, 0.3) is 0 Å². The fourth-order valence-corrected chi connectivity index (χ4v) is 3.55. The molecular weight excluding hydrogens is 333 g/mol. The molecule has 3 N–H and O–H groups in total. The first-order chi connectivity index (χ1) is 12.0. The molecule has 0 radical (unpaired) electrons. The zero-order valence-electron chi connectivity index (χ0n) is 15.8. The summed E-state index contributed by atoms with van der Waals surface area (Å²) in [6, 6.07) is 8.81. The number of nitrogens with one attached hydrogen (secondary N) is 1. The van der Waals surface area contributed by atoms with Gasteiger partial charge in [-0.1, -0.05) is 69.7 Å². The standard InChI is InChI=1S/C20H36NO3P/c1-2-3-4-5-6-7-8-11-19-12-14-20(15-13-19)18-21-16-9-10-17-25(22,23)24/h12-15,21H,2-11,16-18H2,1H3,(H2,22,23,24). The Labute approximate surface area is 153 Å². The van der Waals surface area contributed by atoms with Gasteiger partial charge in [-0.2, -0.15) is 0 Å². The molecule has 0 bridgehead atoms. The summed E-state index contributed by atoms with van der Waals surface area (Å²) in [7, 11) is -3.83. The average molecular weight is 369 g/mol. The molecule has 25 heavy (non-hydrogen) atoms. The molecule has 0 spiro atoms. The summed E-state index contributed by atoms with van der Waals surface area (Å²) < 4.78 is 10.7. The van der Waals surface area contributed by atoms with Crippen LogP contribution < -0.4 is 5.32 Å². The Morgan fingerprint density at radius 2 is 1.44 bits per heavy atom. The Kier molecular flexibility index (Phi) is 12.1. The van der Waals surface area contributed by atoms with Crippen LogP contribution in [0.3, 0.4) is 0 Å². The monoisotopic (exact) mass is 369 g/mol. The van der Waals surface area contributed by atoms with E-state index >= 15 is 0 Å². The molecule has 0 aliphatic heterocycles. The zero-order valence-corrected chi connectivity index (χ0v) is 16.6. The molecular formula is C20H36NO3P. The van der Waals surface area contributed by atoms with Gasteiger partial charge in [0.15, 0.2) is 0 Å². The van der Waals surface area contributed by atoms with Crippen molar-refractivity contribution in [2.75, 3.05) is 12.7 Å². The van der Waals surface area contributed by atoms with Crippen molar-refractivity contribution in [2.45, 2.75) is 77.7 Å².